The van der Waals surface area contributed by atoms with Gasteiger partial charge >= 0.3 is 0 Å². The van der Waals surface area contributed by atoms with Crippen LogP contribution in [0.2, 0.25) is 0 Å². The maximum atomic E-state index is 12.4. The third-order valence-electron chi connectivity index (χ3n) is 5.23. The highest BCUT2D eigenvalue weighted by atomic mass is 16.5. The first kappa shape index (κ1) is 18.4. The van der Waals surface area contributed by atoms with Crippen molar-refractivity contribution in [3.63, 3.8) is 0 Å². The third kappa shape index (κ3) is 4.15. The second-order valence-electron chi connectivity index (χ2n) is 7.08. The molecule has 0 atom stereocenters. The molecule has 4 rings (SSSR count). The number of anilines is 2. The molecule has 2 fully saturated rings. The van der Waals surface area contributed by atoms with Crippen molar-refractivity contribution < 1.29 is 14.3 Å². The molecule has 28 heavy (non-hydrogen) atoms. The summed E-state index contributed by atoms with van der Waals surface area (Å²) >= 11 is 0. The van der Waals surface area contributed by atoms with E-state index in [1.807, 2.05) is 30.3 Å². The number of amides is 1. The lowest BCUT2D eigenvalue weighted by Gasteiger charge is -2.28. The number of ether oxygens (including phenoxy) is 1. The molecule has 2 aliphatic rings. The highest BCUT2D eigenvalue weighted by molar-refractivity contribution is 6.07. The summed E-state index contributed by atoms with van der Waals surface area (Å²) in [5, 5.41) is 0. The topological polar surface area (TPSA) is 49.9 Å². The van der Waals surface area contributed by atoms with E-state index >= 15 is 0 Å². The van der Waals surface area contributed by atoms with E-state index in [1.54, 1.807) is 23.1 Å². The zero-order valence-corrected chi connectivity index (χ0v) is 15.8. The minimum absolute atomic E-state index is 0.0449. The number of carbonyl (C=O) groups is 2. The van der Waals surface area contributed by atoms with Gasteiger partial charge in [-0.1, -0.05) is 18.2 Å². The molecule has 2 aromatic carbocycles. The maximum Gasteiger partial charge on any atom is 0.227 e. The van der Waals surface area contributed by atoms with E-state index in [9.17, 15) is 9.59 Å². The Balaban J connectivity index is 1.38. The summed E-state index contributed by atoms with van der Waals surface area (Å²) in [5.41, 5.74) is 3.65. The number of benzene rings is 2. The summed E-state index contributed by atoms with van der Waals surface area (Å²) in [4.78, 5) is 28.3. The summed E-state index contributed by atoms with van der Waals surface area (Å²) in [6.07, 6.45) is 4.93. The van der Waals surface area contributed by atoms with Crippen molar-refractivity contribution in [2.45, 2.75) is 12.8 Å². The van der Waals surface area contributed by atoms with Crippen molar-refractivity contribution in [1.29, 1.82) is 0 Å². The van der Waals surface area contributed by atoms with Crippen molar-refractivity contribution in [3.8, 4) is 0 Å². The highest BCUT2D eigenvalue weighted by Gasteiger charge is 2.21. The van der Waals surface area contributed by atoms with Gasteiger partial charge in [0, 0.05) is 43.0 Å². The molecule has 0 N–H and O–H groups in total. The lowest BCUT2D eigenvalue weighted by molar-refractivity contribution is -0.117. The van der Waals surface area contributed by atoms with E-state index in [0.29, 0.717) is 12.0 Å². The molecule has 0 saturated carbocycles. The normalized spacial score (nSPS) is 17.5. The lowest BCUT2D eigenvalue weighted by Crippen LogP contribution is -2.36. The Bertz CT molecular complexity index is 866. The minimum atomic E-state index is -0.0449. The van der Waals surface area contributed by atoms with Crippen molar-refractivity contribution >= 4 is 29.1 Å². The summed E-state index contributed by atoms with van der Waals surface area (Å²) < 4.78 is 5.38. The van der Waals surface area contributed by atoms with Gasteiger partial charge in [-0.3, -0.25) is 9.59 Å². The van der Waals surface area contributed by atoms with Gasteiger partial charge in [0.15, 0.2) is 5.78 Å². The van der Waals surface area contributed by atoms with Gasteiger partial charge in [0.1, 0.15) is 0 Å². The average molecular weight is 376 g/mol. The van der Waals surface area contributed by atoms with E-state index in [2.05, 4.69) is 17.0 Å². The number of rotatable bonds is 5. The molecule has 2 heterocycles. The molecule has 2 aliphatic heterocycles. The zero-order valence-electron chi connectivity index (χ0n) is 15.8. The van der Waals surface area contributed by atoms with Gasteiger partial charge in [-0.15, -0.1) is 0 Å². The van der Waals surface area contributed by atoms with E-state index in [-0.39, 0.29) is 11.7 Å². The molecular weight excluding hydrogens is 352 g/mol. The molecule has 0 radical (unpaired) electrons. The number of ketones is 1. The van der Waals surface area contributed by atoms with Crippen LogP contribution in [0.3, 0.4) is 0 Å². The molecule has 5 nitrogen and oxygen atoms in total. The summed E-state index contributed by atoms with van der Waals surface area (Å²) in [6, 6.07) is 15.5. The third-order valence-corrected chi connectivity index (χ3v) is 5.23. The summed E-state index contributed by atoms with van der Waals surface area (Å²) in [5.74, 6) is 0.107. The summed E-state index contributed by atoms with van der Waals surface area (Å²) in [6.45, 7) is 4.10. The fraction of sp³-hybridized carbons (Fsp3) is 0.304. The van der Waals surface area contributed by atoms with Crippen LogP contribution in [0.25, 0.3) is 6.08 Å². The number of carbonyl (C=O) groups excluding carboxylic acids is 2. The van der Waals surface area contributed by atoms with Gasteiger partial charge in [0.05, 0.1) is 13.2 Å². The van der Waals surface area contributed by atoms with Crippen LogP contribution in [0.5, 0.6) is 0 Å². The second kappa shape index (κ2) is 8.40. The van der Waals surface area contributed by atoms with Crippen LogP contribution in [0.1, 0.15) is 28.8 Å². The molecule has 5 heteroatoms. The first-order valence-electron chi connectivity index (χ1n) is 9.76. The first-order chi connectivity index (χ1) is 13.7. The predicted octanol–water partition coefficient (Wildman–Crippen LogP) is 3.55. The van der Waals surface area contributed by atoms with Crippen LogP contribution in [-0.2, 0) is 9.53 Å². The Morgan fingerprint density at radius 2 is 1.57 bits per heavy atom. The van der Waals surface area contributed by atoms with Gasteiger partial charge in [-0.05, 0) is 54.5 Å². The molecule has 0 spiro atoms. The smallest absolute Gasteiger partial charge is 0.227 e. The quantitative estimate of drug-likeness (QED) is 0.592. The van der Waals surface area contributed by atoms with Gasteiger partial charge < -0.3 is 14.5 Å². The molecule has 0 unspecified atom stereocenters. The van der Waals surface area contributed by atoms with Gasteiger partial charge in [0.2, 0.25) is 5.91 Å². The predicted molar refractivity (Wildman–Crippen MR) is 111 cm³/mol. The Morgan fingerprint density at radius 1 is 0.893 bits per heavy atom. The second-order valence-corrected chi connectivity index (χ2v) is 7.08. The standard InChI is InChI=1S/C23H24N2O3/c26-22(19-6-10-21(11-7-19)25-13-1-2-23(25)27)12-5-18-3-8-20(9-4-18)24-14-16-28-17-15-24/h3-12H,1-2,13-17H2/b12-5+. The van der Waals surface area contributed by atoms with Crippen molar-refractivity contribution in [3.05, 3.63) is 65.7 Å². The Kier molecular flexibility index (Phi) is 5.53. The maximum absolute atomic E-state index is 12.4. The Hall–Kier alpha value is -2.92. The van der Waals surface area contributed by atoms with Crippen LogP contribution >= 0.6 is 0 Å². The van der Waals surface area contributed by atoms with Gasteiger partial charge in [-0.2, -0.15) is 0 Å². The van der Waals surface area contributed by atoms with Crippen molar-refractivity contribution in [2.75, 3.05) is 42.6 Å². The van der Waals surface area contributed by atoms with Gasteiger partial charge in [-0.25, -0.2) is 0 Å². The fourth-order valence-corrected chi connectivity index (χ4v) is 3.61. The number of nitrogens with zero attached hydrogens (tertiary/aromatic N) is 2. The van der Waals surface area contributed by atoms with Crippen molar-refractivity contribution in [2.24, 2.45) is 0 Å². The number of morpholine rings is 1. The van der Waals surface area contributed by atoms with E-state index in [1.165, 1.54) is 5.69 Å². The Morgan fingerprint density at radius 3 is 2.21 bits per heavy atom. The first-order valence-corrected chi connectivity index (χ1v) is 9.76. The lowest BCUT2D eigenvalue weighted by atomic mass is 10.1. The number of hydrogen-bond donors (Lipinski definition) is 0. The van der Waals surface area contributed by atoms with Crippen LogP contribution in [0.4, 0.5) is 11.4 Å². The zero-order chi connectivity index (χ0) is 19.3. The molecule has 2 aromatic rings. The molecular formula is C23H24N2O3. The van der Waals surface area contributed by atoms with Crippen LogP contribution < -0.4 is 9.80 Å². The van der Waals surface area contributed by atoms with Gasteiger partial charge in [0.25, 0.3) is 0 Å². The molecule has 144 valence electrons. The summed E-state index contributed by atoms with van der Waals surface area (Å²) in [7, 11) is 0. The fourth-order valence-electron chi connectivity index (χ4n) is 3.61. The number of allylic oxidation sites excluding steroid dienone is 1. The van der Waals surface area contributed by atoms with E-state index in [4.69, 9.17) is 4.74 Å². The van der Waals surface area contributed by atoms with Crippen LogP contribution in [0.15, 0.2) is 54.6 Å². The van der Waals surface area contributed by atoms with Crippen molar-refractivity contribution in [1.82, 2.24) is 0 Å². The highest BCUT2D eigenvalue weighted by Crippen LogP contribution is 2.22. The van der Waals surface area contributed by atoms with Crippen LogP contribution in [0, 0.1) is 0 Å². The number of hydrogen-bond acceptors (Lipinski definition) is 4. The van der Waals surface area contributed by atoms with E-state index in [0.717, 1.165) is 50.5 Å². The average Bonchev–Trinajstić information content (AvgIpc) is 3.19. The molecule has 0 aromatic heterocycles. The van der Waals surface area contributed by atoms with Crippen LogP contribution in [-0.4, -0.2) is 44.5 Å². The molecule has 0 bridgehead atoms. The largest absolute Gasteiger partial charge is 0.378 e. The molecule has 0 aliphatic carbocycles. The minimum Gasteiger partial charge on any atom is -0.378 e. The van der Waals surface area contributed by atoms with E-state index < -0.39 is 0 Å². The molecule has 2 saturated heterocycles. The molecule has 1 amide bonds. The SMILES string of the molecule is O=C(/C=C/c1ccc(N2CCOCC2)cc1)c1ccc(N2CCCC2=O)cc1. The Labute approximate surface area is 165 Å². The monoisotopic (exact) mass is 376 g/mol.